The average molecular weight is 1970 g/mol. The van der Waals surface area contributed by atoms with Crippen LogP contribution in [0.2, 0.25) is 10.0 Å². The molecule has 30 N–H and O–H groups in total. The number of phenolic OH excluding ortho intramolecular Hbond substituents is 3. The minimum absolute atomic E-state index is 0.217. The number of phenols is 3. The molecule has 3 fully saturated rings. The van der Waals surface area contributed by atoms with E-state index in [-0.39, 0.29) is 24.0 Å². The van der Waals surface area contributed by atoms with Crippen molar-refractivity contribution >= 4 is 103 Å². The molecule has 0 radical (unpaired) electrons. The van der Waals surface area contributed by atoms with E-state index in [0.29, 0.717) is 0 Å². The molecule has 11 bridgehead atoms. The molecule has 0 aromatic heterocycles. The van der Waals surface area contributed by atoms with Gasteiger partial charge in [0, 0.05) is 60.1 Å². The van der Waals surface area contributed by atoms with E-state index in [0.717, 1.165) is 91.7 Å². The number of carboxylic acids is 1. The number of rotatable bonds is 24. The number of ether oxygens (including phenoxy) is 8. The maximum atomic E-state index is 16.6. The molecule has 732 valence electrons. The summed E-state index contributed by atoms with van der Waals surface area (Å²) >= 11 is 14.6. The van der Waals surface area contributed by atoms with Gasteiger partial charge >= 0.3 is 21.2 Å². The van der Waals surface area contributed by atoms with Crippen LogP contribution >= 0.6 is 38.4 Å². The van der Waals surface area contributed by atoms with Gasteiger partial charge in [0.2, 0.25) is 76.6 Å². The second-order valence-corrected chi connectivity index (χ2v) is 39.0. The molecule has 5 aromatic rings. The number of nitrogens with one attached hydrogen (secondary N) is 8. The van der Waals surface area contributed by atoms with Gasteiger partial charge in [0.25, 0.3) is 0 Å². The summed E-state index contributed by atoms with van der Waals surface area (Å²) < 4.78 is 75.3. The molecule has 48 nitrogen and oxygen atoms in total. The van der Waals surface area contributed by atoms with E-state index >= 15 is 28.8 Å². The molecule has 24 atom stereocenters. The fourth-order valence-electron chi connectivity index (χ4n) is 16.2. The molecular weight excluding hydrogens is 1860 g/mol. The zero-order chi connectivity index (χ0) is 99.1. The van der Waals surface area contributed by atoms with Crippen molar-refractivity contribution < 1.29 is 170 Å². The highest BCUT2D eigenvalue weighted by Crippen LogP contribution is 2.59. The number of carbonyl (C=O) groups excluding carboxylic acids is 10. The van der Waals surface area contributed by atoms with Crippen molar-refractivity contribution in [1.29, 1.82) is 0 Å². The highest BCUT2D eigenvalue weighted by molar-refractivity contribution is 7.70. The van der Waals surface area contributed by atoms with Crippen LogP contribution in [-0.2, 0) is 85.6 Å². The second-order valence-electron chi connectivity index (χ2n) is 34.4. The summed E-state index contributed by atoms with van der Waals surface area (Å²) in [5.74, 6) is -22.0. The molecule has 0 saturated carbocycles. The lowest BCUT2D eigenvalue weighted by Gasteiger charge is -2.47. The normalized spacial score (nSPS) is 29.2. The Bertz CT molecular complexity index is 5440. The van der Waals surface area contributed by atoms with Crippen LogP contribution in [0.25, 0.3) is 11.1 Å². The first-order chi connectivity index (χ1) is 62.5. The number of aliphatic carboxylic acids is 1. The minimum Gasteiger partial charge on any atom is -0.508 e. The Morgan fingerprint density at radius 2 is 1.20 bits per heavy atom. The van der Waals surface area contributed by atoms with Crippen molar-refractivity contribution in [3.05, 3.63) is 117 Å². The van der Waals surface area contributed by atoms with E-state index < -0.39 is 353 Å². The summed E-state index contributed by atoms with van der Waals surface area (Å²) in [5.41, 5.74) is 15.7. The summed E-state index contributed by atoms with van der Waals surface area (Å²) in [7, 11) is -10.2. The zero-order valence-corrected chi connectivity index (χ0v) is 75.9. The summed E-state index contributed by atoms with van der Waals surface area (Å²) in [4.78, 5) is 202. The zero-order valence-electron chi connectivity index (χ0n) is 72.6. The van der Waals surface area contributed by atoms with Crippen molar-refractivity contribution in [2.45, 2.75) is 238 Å². The van der Waals surface area contributed by atoms with E-state index in [4.69, 9.17) is 84.0 Å². The number of aromatic hydroxyl groups is 3. The van der Waals surface area contributed by atoms with Crippen LogP contribution in [0.4, 0.5) is 0 Å². The quantitative estimate of drug-likeness (QED) is 0.0296. The van der Waals surface area contributed by atoms with E-state index in [1.54, 1.807) is 13.8 Å². The SMILES string of the molecule is CC(C)C[C@H](C(=O)N[C@H]1C(=O)N[C@@H](CC(N)=O)C(=O)N[C@H]2C(=O)N[C@H]3C(=O)N[C@H](C(=O)N[C@H](C(=O)O)c4cc(O)cc(O)c4-c4cc3ccc4O)[C@H](O[C@H]3C[C@](C)(N)[C@@H](O)[C@H](C)O3)c3ccc(c(Cl)c3)Oc3cc2cc(c3O[C@@H]2O[C@H](CO)[C@@H](O)[C@H](O)[C@H]2O[C@H]2C[C@](C)(N)[C@@H](O)[C@H](C)O2)Oc2ccc(cc2Cl)[C@H]1O)N(C)C(=O)C(C)NC(=O)C(N)CCC(=O)NC(P(=O)(O)O)P(=O)(O)O. The molecule has 134 heavy (non-hydrogen) atoms. The lowest BCUT2D eigenvalue weighted by Crippen LogP contribution is -2.64. The number of fused-ring (bicyclic) bond motifs is 15. The smallest absolute Gasteiger partial charge is 0.360 e. The van der Waals surface area contributed by atoms with Gasteiger partial charge in [-0.25, -0.2) is 4.79 Å². The van der Waals surface area contributed by atoms with Gasteiger partial charge < -0.3 is 179 Å². The number of hydrogen-bond acceptors (Lipinski definition) is 33. The number of likely N-dealkylation sites (N-methyl/N-ethyl adjacent to an activating group) is 1. The molecule has 8 heterocycles. The topological polar surface area (TPSA) is 783 Å². The predicted octanol–water partition coefficient (Wildman–Crippen LogP) is -2.05. The predicted molar refractivity (Wildman–Crippen MR) is 460 cm³/mol. The Morgan fingerprint density at radius 3 is 1.75 bits per heavy atom. The monoisotopic (exact) mass is 1960 g/mol. The molecule has 3 saturated heterocycles. The Hall–Kier alpha value is -10.6. The number of primary amides is 1. The molecule has 0 spiro atoms. The first kappa shape index (κ1) is 104. The number of halogens is 2. The summed E-state index contributed by atoms with van der Waals surface area (Å²) in [5, 5.41) is 133. The van der Waals surface area contributed by atoms with E-state index in [1.165, 1.54) is 39.1 Å². The third-order valence-corrected chi connectivity index (χ3v) is 27.2. The third kappa shape index (κ3) is 23.5. The third-order valence-electron chi connectivity index (χ3n) is 23.3. The van der Waals surface area contributed by atoms with Crippen LogP contribution in [0.5, 0.6) is 46.0 Å². The van der Waals surface area contributed by atoms with Crippen LogP contribution in [-0.4, -0.2) is 275 Å². The number of aliphatic hydroxyl groups excluding tert-OH is 6. The van der Waals surface area contributed by atoms with Gasteiger partial charge in [-0.3, -0.25) is 57.1 Å². The molecular formula is C82H105Cl2N13O35P2. The van der Waals surface area contributed by atoms with E-state index in [1.807, 2.05) is 0 Å². The van der Waals surface area contributed by atoms with Crippen LogP contribution < -0.4 is 79.7 Å². The number of hydrogen-bond donors (Lipinski definition) is 26. The molecule has 0 aliphatic carbocycles. The summed E-state index contributed by atoms with van der Waals surface area (Å²) in [6, 6.07) is -6.44. The van der Waals surface area contributed by atoms with Crippen molar-refractivity contribution in [3.8, 4) is 57.1 Å². The van der Waals surface area contributed by atoms with Crippen LogP contribution in [0.3, 0.4) is 0 Å². The lowest BCUT2D eigenvalue weighted by molar-refractivity contribution is -0.333. The number of amides is 10. The number of aliphatic hydroxyl groups is 6. The fourth-order valence-corrected chi connectivity index (χ4v) is 18.8. The highest BCUT2D eigenvalue weighted by atomic mass is 35.5. The van der Waals surface area contributed by atoms with Crippen LogP contribution in [0, 0.1) is 5.92 Å². The number of nitrogens with zero attached hydrogens (tertiary/aromatic N) is 1. The maximum Gasteiger partial charge on any atom is 0.360 e. The number of benzene rings is 5. The molecule has 8 aliphatic rings. The van der Waals surface area contributed by atoms with E-state index in [9.17, 15) is 104 Å². The Balaban J connectivity index is 1.10. The molecule has 8 aliphatic heterocycles. The highest BCUT2D eigenvalue weighted by Gasteiger charge is 2.54. The Labute approximate surface area is 771 Å². The summed E-state index contributed by atoms with van der Waals surface area (Å²) in [6.45, 7) is 9.05. The Morgan fingerprint density at radius 1 is 0.649 bits per heavy atom. The standard InChI is InChI=1S/C82H105Cl2N13O35P2/c1-29(2)17-44(97(8)77(116)30(3)89-70(109)42(85)12-16-53(103)91-80(133(119,120)121)134(122,123)124)72(111)95-60-62(104)34-10-14-47(40(83)19-34)127-49-21-36-22-50(66(49)132-79-67(64(106)63(105)51(28-98)129-79)131-55-27-82(7,88)69(108)32(5)126-55)128-48-15-11-35(20-41(48)84)65(130-54-26-81(6,87)68(107)31(4)125-54)61-76(115)94-59(78(117)118)39-23-37(99)24-46(101)56(39)38-18-33(9-13-45(38)100)57(73(112)96-61)93-74(113)58(36)92-71(110)43(25-52(86)102)90-75(60)114/h9-11,13-15,18-24,29-32,42-44,51,54-55,57-65,67-69,79-80,98-101,104-108H,12,16-17,25-28,85,87-88H2,1-8H3,(H2,86,102)(H,89,109)(H,90,114)(H,91,103)(H,92,110)(H,93,113)(H,94,115)(H,95,111)(H,96,112)(H,117,118)(H2,119,120,121)(H2,122,123,124)/t30?,31-,32-,42?,43-,44+,51+,54-,55-,57+,58+,59-,60+,61-,62+,63+,64-,65+,67+,68-,69-,79-,81-,82-/m0/s1. The van der Waals surface area contributed by atoms with Gasteiger partial charge in [-0.2, -0.15) is 0 Å². The Kier molecular flexibility index (Phi) is 32.2. The second kappa shape index (κ2) is 41.5. The van der Waals surface area contributed by atoms with Crippen LogP contribution in [0.1, 0.15) is 145 Å². The van der Waals surface area contributed by atoms with Crippen molar-refractivity contribution in [1.82, 2.24) is 47.4 Å². The first-order valence-corrected chi connectivity index (χ1v) is 45.7. The van der Waals surface area contributed by atoms with Crippen molar-refractivity contribution in [3.63, 3.8) is 0 Å². The van der Waals surface area contributed by atoms with Crippen molar-refractivity contribution in [2.24, 2.45) is 28.9 Å². The first-order valence-electron chi connectivity index (χ1n) is 41.6. The van der Waals surface area contributed by atoms with E-state index in [2.05, 4.69) is 37.2 Å². The van der Waals surface area contributed by atoms with Crippen LogP contribution in [0.15, 0.2) is 78.9 Å². The average Bonchev–Trinajstić information content (AvgIpc) is 0.760. The molecule has 2 unspecified atom stereocenters. The molecule has 13 rings (SSSR count). The number of carboxylic acid groups (broad SMARTS) is 1. The minimum atomic E-state index is -5.65. The largest absolute Gasteiger partial charge is 0.508 e. The molecule has 52 heteroatoms. The van der Waals surface area contributed by atoms with Gasteiger partial charge in [0.05, 0.1) is 53.5 Å². The van der Waals surface area contributed by atoms with Gasteiger partial charge in [0.1, 0.15) is 102 Å². The number of carbonyl (C=O) groups is 11. The maximum absolute atomic E-state index is 16.6. The fraction of sp³-hybridized carbons (Fsp3) is 0.500. The molecule has 5 aromatic carbocycles. The van der Waals surface area contributed by atoms with Gasteiger partial charge in [0.15, 0.2) is 36.2 Å². The number of nitrogens with two attached hydrogens (primary N) is 4. The lowest BCUT2D eigenvalue weighted by atomic mass is 9.86. The van der Waals surface area contributed by atoms with Gasteiger partial charge in [-0.15, -0.1) is 0 Å². The van der Waals surface area contributed by atoms with Gasteiger partial charge in [-0.1, -0.05) is 55.2 Å². The summed E-state index contributed by atoms with van der Waals surface area (Å²) in [6.07, 6.45) is -26.3. The molecule has 10 amide bonds. The van der Waals surface area contributed by atoms with Crippen molar-refractivity contribution in [2.75, 3.05) is 13.7 Å². The van der Waals surface area contributed by atoms with Gasteiger partial charge in [-0.05, 0) is 130 Å².